The fourth-order valence-electron chi connectivity index (χ4n) is 7.86. The molecule has 6 rings (SSSR count). The van der Waals surface area contributed by atoms with Gasteiger partial charge in [0, 0.05) is 83.1 Å². The Hall–Kier alpha value is -3.34. The third-order valence-corrected chi connectivity index (χ3v) is 11.2. The maximum Gasteiger partial charge on any atom is 0.322 e. The van der Waals surface area contributed by atoms with Crippen LogP contribution in [0.4, 0.5) is 16.2 Å². The number of benzene rings is 2. The van der Waals surface area contributed by atoms with E-state index in [-0.39, 0.29) is 30.3 Å². The normalized spacial score (nSPS) is 21.0. The summed E-state index contributed by atoms with van der Waals surface area (Å²) in [5.41, 5.74) is 10.7. The highest BCUT2D eigenvalue weighted by atomic mass is 35.5. The van der Waals surface area contributed by atoms with Gasteiger partial charge in [0.05, 0.1) is 16.6 Å². The lowest BCUT2D eigenvalue weighted by molar-refractivity contribution is -0.143. The average molecular weight is 664 g/mol. The first-order chi connectivity index (χ1) is 22.7. The van der Waals surface area contributed by atoms with Gasteiger partial charge in [0.2, 0.25) is 11.8 Å². The molecule has 2 aromatic carbocycles. The number of amides is 4. The van der Waals surface area contributed by atoms with E-state index >= 15 is 0 Å². The van der Waals surface area contributed by atoms with Crippen LogP contribution in [0.2, 0.25) is 5.02 Å². The van der Waals surface area contributed by atoms with E-state index in [1.54, 1.807) is 0 Å². The zero-order valence-corrected chi connectivity index (χ0v) is 28.7. The van der Waals surface area contributed by atoms with Gasteiger partial charge >= 0.3 is 6.03 Å². The molecule has 0 aliphatic carbocycles. The number of fused-ring (bicyclic) bond motifs is 1. The number of piperidine rings is 2. The van der Waals surface area contributed by atoms with E-state index in [9.17, 15) is 14.4 Å². The molecule has 1 atom stereocenters. The number of para-hydroxylation sites is 1. The molecule has 254 valence electrons. The monoisotopic (exact) mass is 663 g/mol. The maximum atomic E-state index is 14.2. The first-order valence-electron chi connectivity index (χ1n) is 17.4. The van der Waals surface area contributed by atoms with Crippen LogP contribution in [0.1, 0.15) is 55.7 Å². The lowest BCUT2D eigenvalue weighted by Crippen LogP contribution is -2.54. The zero-order chi connectivity index (χ0) is 33.1. The summed E-state index contributed by atoms with van der Waals surface area (Å²) >= 11 is 6.52. The van der Waals surface area contributed by atoms with Crippen LogP contribution >= 0.6 is 11.6 Å². The first kappa shape index (κ1) is 33.6. The molecule has 3 fully saturated rings. The van der Waals surface area contributed by atoms with Gasteiger partial charge in [-0.15, -0.1) is 0 Å². The van der Waals surface area contributed by atoms with E-state index in [0.29, 0.717) is 55.6 Å². The second-order valence-electron chi connectivity index (χ2n) is 13.8. The Morgan fingerprint density at radius 2 is 1.60 bits per heavy atom. The third-order valence-electron chi connectivity index (χ3n) is 10.9. The highest BCUT2D eigenvalue weighted by molar-refractivity contribution is 6.33. The Bertz CT molecular complexity index is 1450. The van der Waals surface area contributed by atoms with Crippen molar-refractivity contribution in [3.63, 3.8) is 0 Å². The molecule has 4 aliphatic heterocycles. The molecule has 3 saturated heterocycles. The van der Waals surface area contributed by atoms with Crippen LogP contribution in [0.25, 0.3) is 0 Å². The van der Waals surface area contributed by atoms with Gasteiger partial charge in [-0.05, 0) is 74.4 Å². The van der Waals surface area contributed by atoms with Gasteiger partial charge in [0.1, 0.15) is 0 Å². The van der Waals surface area contributed by atoms with Gasteiger partial charge in [0.25, 0.3) is 0 Å². The van der Waals surface area contributed by atoms with Crippen molar-refractivity contribution < 1.29 is 14.4 Å². The minimum atomic E-state index is -0.478. The van der Waals surface area contributed by atoms with Crippen LogP contribution < -0.4 is 11.1 Å². The Balaban J connectivity index is 1.10. The highest BCUT2D eigenvalue weighted by Gasteiger charge is 2.36. The summed E-state index contributed by atoms with van der Waals surface area (Å²) in [6, 6.07) is 12.3. The van der Waals surface area contributed by atoms with Gasteiger partial charge in [-0.25, -0.2) is 4.79 Å². The molecule has 0 saturated carbocycles. The summed E-state index contributed by atoms with van der Waals surface area (Å²) in [4.78, 5) is 51.6. The number of carbonyl (C=O) groups is 3. The highest BCUT2D eigenvalue weighted by Crippen LogP contribution is 2.31. The fourth-order valence-corrected chi connectivity index (χ4v) is 8.12. The first-order valence-corrected chi connectivity index (χ1v) is 17.8. The largest absolute Gasteiger partial charge is 0.397 e. The summed E-state index contributed by atoms with van der Waals surface area (Å²) in [7, 11) is 2.17. The number of nitrogens with zero attached hydrogens (tertiary/aromatic N) is 5. The molecule has 4 aliphatic rings. The quantitative estimate of drug-likeness (QED) is 0.408. The smallest absolute Gasteiger partial charge is 0.322 e. The van der Waals surface area contributed by atoms with Gasteiger partial charge in [-0.3, -0.25) is 14.5 Å². The van der Waals surface area contributed by atoms with Gasteiger partial charge in [0.15, 0.2) is 0 Å². The molecule has 0 aromatic heterocycles. The van der Waals surface area contributed by atoms with Gasteiger partial charge < -0.3 is 30.7 Å². The van der Waals surface area contributed by atoms with E-state index in [1.165, 1.54) is 0 Å². The molecule has 2 aromatic rings. The number of hydrogen-bond donors (Lipinski definition) is 2. The Kier molecular flexibility index (Phi) is 10.6. The zero-order valence-electron chi connectivity index (χ0n) is 27.9. The topological polar surface area (TPSA) is 105 Å². The van der Waals surface area contributed by atoms with Crippen molar-refractivity contribution in [1.82, 2.24) is 24.5 Å². The summed E-state index contributed by atoms with van der Waals surface area (Å²) < 4.78 is 0. The third kappa shape index (κ3) is 7.71. The number of aryl methyl sites for hydroxylation is 1. The number of halogens is 1. The van der Waals surface area contributed by atoms with E-state index in [0.717, 1.165) is 80.9 Å². The lowest BCUT2D eigenvalue weighted by Gasteiger charge is -2.43. The Morgan fingerprint density at radius 3 is 2.30 bits per heavy atom. The second-order valence-corrected chi connectivity index (χ2v) is 14.2. The van der Waals surface area contributed by atoms with Crippen molar-refractivity contribution in [1.29, 1.82) is 0 Å². The standard InChI is InChI=1S/C36H50ClN7O3/c1-3-26-20-25(22-31(37)34(26)38)21-28(35(46)43-14-8-29(9-15-43)41-18-16-40(2)17-19-41)23-33(45)42-12-10-30(11-13-42)44-24-27-6-4-5-7-32(27)39-36(44)47/h4-7,20,22,28-30H,3,8-19,21,23-24,38H2,1-2H3,(H,39,47)/t28-/m0/s1. The molecule has 0 radical (unpaired) electrons. The minimum Gasteiger partial charge on any atom is -0.397 e. The lowest BCUT2D eigenvalue weighted by atomic mass is 9.91. The molecule has 4 heterocycles. The number of likely N-dealkylation sites (N-methyl/N-ethyl adjacent to an activating group) is 1. The van der Waals surface area contributed by atoms with E-state index < -0.39 is 5.92 Å². The number of carbonyl (C=O) groups excluding carboxylic acids is 3. The number of urea groups is 1. The van der Waals surface area contributed by atoms with Crippen molar-refractivity contribution in [2.24, 2.45) is 5.92 Å². The predicted octanol–water partition coefficient (Wildman–Crippen LogP) is 4.31. The number of rotatable bonds is 8. The number of nitrogen functional groups attached to an aromatic ring is 1. The SMILES string of the molecule is CCc1cc(C[C@@H](CC(=O)N2CCC(N3Cc4ccccc4NC3=O)CC2)C(=O)N2CCC(N3CCN(C)CC3)CC2)cc(Cl)c1N. The molecular weight excluding hydrogens is 614 g/mol. The second kappa shape index (κ2) is 14.8. The van der Waals surface area contributed by atoms with Crippen LogP contribution in [-0.2, 0) is 29.0 Å². The van der Waals surface area contributed by atoms with E-state index in [2.05, 4.69) is 22.2 Å². The summed E-state index contributed by atoms with van der Waals surface area (Å²) in [5.74, 6) is -0.422. The maximum absolute atomic E-state index is 14.2. The van der Waals surface area contributed by atoms with Crippen LogP contribution in [0.15, 0.2) is 36.4 Å². The number of nitrogens with two attached hydrogens (primary N) is 1. The molecule has 11 heteroatoms. The number of likely N-dealkylation sites (tertiary alicyclic amines) is 2. The fraction of sp³-hybridized carbons (Fsp3) is 0.583. The number of piperazine rings is 1. The number of hydrogen-bond acceptors (Lipinski definition) is 6. The van der Waals surface area contributed by atoms with Gasteiger partial charge in [-0.1, -0.05) is 42.8 Å². The molecule has 4 amide bonds. The van der Waals surface area contributed by atoms with Crippen LogP contribution in [0, 0.1) is 5.92 Å². The van der Waals surface area contributed by atoms with Crippen molar-refractivity contribution in [2.45, 2.75) is 70.5 Å². The van der Waals surface area contributed by atoms with Crippen molar-refractivity contribution in [3.05, 3.63) is 58.1 Å². The van der Waals surface area contributed by atoms with Crippen LogP contribution in [0.3, 0.4) is 0 Å². The summed E-state index contributed by atoms with van der Waals surface area (Å²) in [6.45, 7) is 9.52. The Morgan fingerprint density at radius 1 is 0.936 bits per heavy atom. The average Bonchev–Trinajstić information content (AvgIpc) is 3.09. The minimum absolute atomic E-state index is 0.000166. The molecular formula is C36H50ClN7O3. The van der Waals surface area contributed by atoms with Crippen LogP contribution in [-0.4, -0.2) is 114 Å². The van der Waals surface area contributed by atoms with E-state index in [1.807, 2.05) is 58.0 Å². The molecule has 0 spiro atoms. The van der Waals surface area contributed by atoms with Crippen molar-refractivity contribution in [3.8, 4) is 0 Å². The molecule has 10 nitrogen and oxygen atoms in total. The summed E-state index contributed by atoms with van der Waals surface area (Å²) in [6.07, 6.45) is 4.70. The molecule has 0 unspecified atom stereocenters. The number of nitrogens with one attached hydrogen (secondary N) is 1. The summed E-state index contributed by atoms with van der Waals surface area (Å²) in [5, 5.41) is 3.51. The number of anilines is 2. The molecule has 3 N–H and O–H groups in total. The molecule has 0 bridgehead atoms. The van der Waals surface area contributed by atoms with Gasteiger partial charge in [-0.2, -0.15) is 0 Å². The molecule has 47 heavy (non-hydrogen) atoms. The predicted molar refractivity (Wildman–Crippen MR) is 186 cm³/mol. The van der Waals surface area contributed by atoms with Crippen molar-refractivity contribution in [2.75, 3.05) is 70.5 Å². The Labute approximate surface area is 284 Å². The van der Waals surface area contributed by atoms with Crippen molar-refractivity contribution >= 4 is 40.8 Å². The van der Waals surface area contributed by atoms with E-state index in [4.69, 9.17) is 17.3 Å². The van der Waals surface area contributed by atoms with Crippen LogP contribution in [0.5, 0.6) is 0 Å².